The van der Waals surface area contributed by atoms with Crippen molar-refractivity contribution in [2.45, 2.75) is 19.4 Å². The molecule has 2 heterocycles. The van der Waals surface area contributed by atoms with Crippen molar-refractivity contribution in [3.63, 3.8) is 0 Å². The Balaban J connectivity index is 1.55. The summed E-state index contributed by atoms with van der Waals surface area (Å²) in [6, 6.07) is 11.6. The molecule has 0 radical (unpaired) electrons. The largest absolute Gasteiger partial charge is 0.463 e. The normalized spacial score (nSPS) is 12.4. The quantitative estimate of drug-likeness (QED) is 0.555. The molecule has 0 atom stereocenters. The summed E-state index contributed by atoms with van der Waals surface area (Å²) in [7, 11) is 0. The molecule has 0 fully saturated rings. The fraction of sp³-hybridized carbons (Fsp3) is 0.300. The number of nitrogens with one attached hydrogen (secondary N) is 1. The molecule has 1 aliphatic rings. The number of aliphatic hydroxyl groups is 1. The van der Waals surface area contributed by atoms with Gasteiger partial charge in [0.2, 0.25) is 6.79 Å². The fourth-order valence-corrected chi connectivity index (χ4v) is 3.06. The minimum absolute atomic E-state index is 0.142. The Labute approximate surface area is 167 Å². The van der Waals surface area contributed by atoms with Gasteiger partial charge in [0.05, 0.1) is 12.1 Å². The molecule has 0 saturated heterocycles. The first-order chi connectivity index (χ1) is 13.7. The summed E-state index contributed by atoms with van der Waals surface area (Å²) in [5.74, 6) is 2.13. The van der Waals surface area contributed by atoms with E-state index in [-0.39, 0.29) is 13.4 Å². The number of anilines is 1. The third kappa shape index (κ3) is 4.21. The molecule has 0 saturated carbocycles. The number of benzene rings is 2. The van der Waals surface area contributed by atoms with E-state index in [4.69, 9.17) is 30.9 Å². The van der Waals surface area contributed by atoms with Crippen molar-refractivity contribution in [2.24, 2.45) is 0 Å². The van der Waals surface area contributed by atoms with Crippen molar-refractivity contribution in [3.05, 3.63) is 47.0 Å². The van der Waals surface area contributed by atoms with Crippen LogP contribution in [0.3, 0.4) is 0 Å². The molecule has 7 nitrogen and oxygen atoms in total. The van der Waals surface area contributed by atoms with Crippen LogP contribution in [0.2, 0.25) is 5.02 Å². The molecule has 0 spiro atoms. The highest BCUT2D eigenvalue weighted by Crippen LogP contribution is 2.33. The molecule has 28 heavy (non-hydrogen) atoms. The number of nitrogens with zero attached hydrogens (tertiary/aromatic N) is 2. The predicted molar refractivity (Wildman–Crippen MR) is 106 cm³/mol. The van der Waals surface area contributed by atoms with E-state index in [1.165, 1.54) is 0 Å². The van der Waals surface area contributed by atoms with Crippen molar-refractivity contribution in [1.29, 1.82) is 0 Å². The third-order valence-electron chi connectivity index (χ3n) is 4.32. The lowest BCUT2D eigenvalue weighted by Crippen LogP contribution is -2.07. The Morgan fingerprint density at radius 2 is 1.96 bits per heavy atom. The second-order valence-corrected chi connectivity index (χ2v) is 6.77. The maximum atomic E-state index is 8.89. The zero-order valence-electron chi connectivity index (χ0n) is 15.2. The molecule has 2 N–H and O–H groups in total. The molecule has 3 aromatic rings. The van der Waals surface area contributed by atoms with E-state index in [1.807, 2.05) is 30.3 Å². The summed E-state index contributed by atoms with van der Waals surface area (Å²) in [5, 5.41) is 13.6. The second kappa shape index (κ2) is 8.50. The highest BCUT2D eigenvalue weighted by atomic mass is 35.5. The molecule has 1 aromatic heterocycles. The zero-order chi connectivity index (χ0) is 19.3. The van der Waals surface area contributed by atoms with E-state index in [0.717, 1.165) is 34.4 Å². The minimum atomic E-state index is 0.142. The molecule has 1 aliphatic heterocycles. The van der Waals surface area contributed by atoms with E-state index in [0.29, 0.717) is 36.4 Å². The summed E-state index contributed by atoms with van der Waals surface area (Å²) < 4.78 is 16.4. The standard InChI is InChI=1S/C20H20ClN3O4/c21-14-4-5-16-15(10-14)19(24-20(23-16)26-8-2-1-7-25)22-11-13-3-6-17-18(9-13)28-12-27-17/h3-6,9-10,25H,1-2,7-8,11-12H2,(H,22,23,24). The minimum Gasteiger partial charge on any atom is -0.463 e. The number of halogens is 1. The molecule has 0 unspecified atom stereocenters. The van der Waals surface area contributed by atoms with Crippen molar-refractivity contribution in [3.8, 4) is 17.5 Å². The Bertz CT molecular complexity index is 983. The topological polar surface area (TPSA) is 85.7 Å². The molecule has 4 rings (SSSR count). The summed E-state index contributed by atoms with van der Waals surface area (Å²) >= 11 is 6.16. The number of aliphatic hydroxyl groups excluding tert-OH is 1. The van der Waals surface area contributed by atoms with E-state index in [1.54, 1.807) is 6.07 Å². The lowest BCUT2D eigenvalue weighted by molar-refractivity contribution is 0.174. The molecule has 146 valence electrons. The van der Waals surface area contributed by atoms with Gasteiger partial charge < -0.3 is 24.6 Å². The predicted octanol–water partition coefficient (Wildman–Crippen LogP) is 3.78. The maximum absolute atomic E-state index is 8.89. The lowest BCUT2D eigenvalue weighted by Gasteiger charge is -2.12. The van der Waals surface area contributed by atoms with E-state index in [2.05, 4.69) is 15.3 Å². The summed E-state index contributed by atoms with van der Waals surface area (Å²) in [5.41, 5.74) is 1.77. The number of hydrogen-bond donors (Lipinski definition) is 2. The lowest BCUT2D eigenvalue weighted by atomic mass is 10.2. The Morgan fingerprint density at radius 1 is 1.07 bits per heavy atom. The fourth-order valence-electron chi connectivity index (χ4n) is 2.89. The molecular weight excluding hydrogens is 382 g/mol. The number of aromatic nitrogens is 2. The zero-order valence-corrected chi connectivity index (χ0v) is 15.9. The van der Waals surface area contributed by atoms with Crippen LogP contribution in [0, 0.1) is 0 Å². The SMILES string of the molecule is OCCCCOc1nc(NCc2ccc3c(c2)OCO3)c2cc(Cl)ccc2n1. The van der Waals surface area contributed by atoms with Crippen LogP contribution in [-0.2, 0) is 6.54 Å². The Kier molecular flexibility index (Phi) is 5.64. The maximum Gasteiger partial charge on any atom is 0.318 e. The van der Waals surface area contributed by atoms with Crippen molar-refractivity contribution >= 4 is 28.3 Å². The van der Waals surface area contributed by atoms with Crippen molar-refractivity contribution in [2.75, 3.05) is 25.3 Å². The van der Waals surface area contributed by atoms with Gasteiger partial charge in [0, 0.05) is 23.6 Å². The first-order valence-electron chi connectivity index (χ1n) is 9.06. The average molecular weight is 402 g/mol. The van der Waals surface area contributed by atoms with E-state index >= 15 is 0 Å². The van der Waals surface area contributed by atoms with Gasteiger partial charge in [-0.05, 0) is 48.7 Å². The van der Waals surface area contributed by atoms with Crippen LogP contribution in [0.4, 0.5) is 5.82 Å². The van der Waals surface area contributed by atoms with Crippen LogP contribution in [0.1, 0.15) is 18.4 Å². The van der Waals surface area contributed by atoms with E-state index < -0.39 is 0 Å². The molecule has 8 heteroatoms. The number of unbranched alkanes of at least 4 members (excludes halogenated alkanes) is 1. The highest BCUT2D eigenvalue weighted by Gasteiger charge is 2.14. The second-order valence-electron chi connectivity index (χ2n) is 6.34. The van der Waals surface area contributed by atoms with Gasteiger partial charge in [-0.15, -0.1) is 0 Å². The van der Waals surface area contributed by atoms with Gasteiger partial charge in [-0.25, -0.2) is 0 Å². The van der Waals surface area contributed by atoms with Crippen LogP contribution in [0.15, 0.2) is 36.4 Å². The van der Waals surface area contributed by atoms with Gasteiger partial charge in [-0.2, -0.15) is 9.97 Å². The van der Waals surface area contributed by atoms with Gasteiger partial charge >= 0.3 is 6.01 Å². The highest BCUT2D eigenvalue weighted by molar-refractivity contribution is 6.31. The van der Waals surface area contributed by atoms with Crippen LogP contribution >= 0.6 is 11.6 Å². The Morgan fingerprint density at radius 3 is 2.86 bits per heavy atom. The smallest absolute Gasteiger partial charge is 0.318 e. The number of rotatable bonds is 8. The number of fused-ring (bicyclic) bond motifs is 2. The third-order valence-corrected chi connectivity index (χ3v) is 4.55. The van der Waals surface area contributed by atoms with Crippen molar-refractivity contribution < 1.29 is 19.3 Å². The van der Waals surface area contributed by atoms with Gasteiger partial charge in [0.1, 0.15) is 5.82 Å². The van der Waals surface area contributed by atoms with Gasteiger partial charge in [-0.3, -0.25) is 0 Å². The van der Waals surface area contributed by atoms with Gasteiger partial charge in [0.15, 0.2) is 11.5 Å². The summed E-state index contributed by atoms with van der Waals surface area (Å²) in [4.78, 5) is 8.95. The molecule has 0 amide bonds. The van der Waals surface area contributed by atoms with Crippen LogP contribution in [0.25, 0.3) is 10.9 Å². The molecule has 0 bridgehead atoms. The van der Waals surface area contributed by atoms with Crippen LogP contribution in [0.5, 0.6) is 17.5 Å². The number of hydrogen-bond acceptors (Lipinski definition) is 7. The van der Waals surface area contributed by atoms with E-state index in [9.17, 15) is 0 Å². The van der Waals surface area contributed by atoms with Crippen LogP contribution < -0.4 is 19.5 Å². The first kappa shape index (κ1) is 18.6. The molecule has 2 aromatic carbocycles. The summed E-state index contributed by atoms with van der Waals surface area (Å²) in [6.45, 7) is 1.38. The number of ether oxygens (including phenoxy) is 3. The van der Waals surface area contributed by atoms with Crippen molar-refractivity contribution in [1.82, 2.24) is 9.97 Å². The van der Waals surface area contributed by atoms with Gasteiger partial charge in [-0.1, -0.05) is 17.7 Å². The molecular formula is C20H20ClN3O4. The summed E-state index contributed by atoms with van der Waals surface area (Å²) in [6.07, 6.45) is 1.41. The van der Waals surface area contributed by atoms with Gasteiger partial charge in [0.25, 0.3) is 0 Å². The Hall–Kier alpha value is -2.77. The molecule has 0 aliphatic carbocycles. The van der Waals surface area contributed by atoms with Crippen LogP contribution in [-0.4, -0.2) is 35.1 Å². The monoisotopic (exact) mass is 401 g/mol. The first-order valence-corrected chi connectivity index (χ1v) is 9.44. The average Bonchev–Trinajstić information content (AvgIpc) is 3.17.